The van der Waals surface area contributed by atoms with Gasteiger partial charge in [-0.3, -0.25) is 0 Å². The van der Waals surface area contributed by atoms with Gasteiger partial charge in [0.05, 0.1) is 6.61 Å². The van der Waals surface area contributed by atoms with E-state index in [1.807, 2.05) is 12.1 Å². The van der Waals surface area contributed by atoms with Crippen LogP contribution in [0.3, 0.4) is 0 Å². The fraction of sp³-hybridized carbons (Fsp3) is 0.571. The zero-order valence-electron chi connectivity index (χ0n) is 10.1. The van der Waals surface area contributed by atoms with Gasteiger partial charge in [-0.1, -0.05) is 6.07 Å². The number of benzene rings is 1. The van der Waals surface area contributed by atoms with Crippen LogP contribution in [0.25, 0.3) is 0 Å². The van der Waals surface area contributed by atoms with E-state index in [0.717, 1.165) is 30.9 Å². The lowest BCUT2D eigenvalue weighted by molar-refractivity contribution is 0.227. The van der Waals surface area contributed by atoms with E-state index in [9.17, 15) is 5.11 Å². The quantitative estimate of drug-likeness (QED) is 0.851. The van der Waals surface area contributed by atoms with Gasteiger partial charge < -0.3 is 14.7 Å². The van der Waals surface area contributed by atoms with Gasteiger partial charge >= 0.3 is 0 Å². The average Bonchev–Trinajstić information content (AvgIpc) is 2.82. The fourth-order valence-electron chi connectivity index (χ4n) is 2.98. The van der Waals surface area contributed by atoms with Crippen LogP contribution in [0, 0.1) is 0 Å². The van der Waals surface area contributed by atoms with Crippen molar-refractivity contribution in [1.29, 1.82) is 0 Å². The van der Waals surface area contributed by atoms with E-state index in [4.69, 9.17) is 4.74 Å². The Morgan fingerprint density at radius 2 is 2.12 bits per heavy atom. The maximum atomic E-state index is 10.0. The zero-order chi connectivity index (χ0) is 11.7. The van der Waals surface area contributed by atoms with Gasteiger partial charge in [0.1, 0.15) is 11.5 Å². The predicted octanol–water partition coefficient (Wildman–Crippen LogP) is 2.35. The monoisotopic (exact) mass is 233 g/mol. The molecule has 1 fully saturated rings. The Hall–Kier alpha value is -1.22. The SMILES string of the molecule is Oc1cccc2c1C(CN1CCCC1)CCO2. The molecule has 92 valence electrons. The molecule has 1 saturated heterocycles. The normalized spacial score (nSPS) is 24.4. The van der Waals surface area contributed by atoms with E-state index in [1.54, 1.807) is 6.07 Å². The van der Waals surface area contributed by atoms with Crippen LogP contribution >= 0.6 is 0 Å². The molecule has 0 saturated carbocycles. The predicted molar refractivity (Wildman–Crippen MR) is 66.6 cm³/mol. The summed E-state index contributed by atoms with van der Waals surface area (Å²) in [5, 5.41) is 10.0. The summed E-state index contributed by atoms with van der Waals surface area (Å²) in [5.41, 5.74) is 1.02. The van der Waals surface area contributed by atoms with E-state index in [0.29, 0.717) is 11.7 Å². The summed E-state index contributed by atoms with van der Waals surface area (Å²) < 4.78 is 5.62. The molecule has 1 unspecified atom stereocenters. The van der Waals surface area contributed by atoms with Crippen molar-refractivity contribution in [3.63, 3.8) is 0 Å². The number of hydrogen-bond donors (Lipinski definition) is 1. The van der Waals surface area contributed by atoms with Gasteiger partial charge in [0.25, 0.3) is 0 Å². The van der Waals surface area contributed by atoms with Gasteiger partial charge in [0.2, 0.25) is 0 Å². The molecule has 1 N–H and O–H groups in total. The lowest BCUT2D eigenvalue weighted by atomic mass is 9.92. The van der Waals surface area contributed by atoms with Crippen LogP contribution in [0.4, 0.5) is 0 Å². The summed E-state index contributed by atoms with van der Waals surface area (Å²) >= 11 is 0. The molecule has 1 atom stereocenters. The third-order valence-corrected chi connectivity index (χ3v) is 3.85. The number of likely N-dealkylation sites (tertiary alicyclic amines) is 1. The number of ether oxygens (including phenoxy) is 1. The number of phenols is 1. The second-order valence-corrected chi connectivity index (χ2v) is 5.03. The highest BCUT2D eigenvalue weighted by Crippen LogP contribution is 2.40. The minimum Gasteiger partial charge on any atom is -0.508 e. The number of nitrogens with zero attached hydrogens (tertiary/aromatic N) is 1. The van der Waals surface area contributed by atoms with Crippen LogP contribution in [-0.2, 0) is 0 Å². The van der Waals surface area contributed by atoms with E-state index < -0.39 is 0 Å². The molecule has 0 radical (unpaired) electrons. The third-order valence-electron chi connectivity index (χ3n) is 3.85. The Morgan fingerprint density at radius 3 is 2.94 bits per heavy atom. The first-order valence-corrected chi connectivity index (χ1v) is 6.51. The number of rotatable bonds is 2. The first kappa shape index (κ1) is 10.9. The highest BCUT2D eigenvalue weighted by molar-refractivity contribution is 5.47. The van der Waals surface area contributed by atoms with Crippen molar-refractivity contribution in [2.24, 2.45) is 0 Å². The first-order valence-electron chi connectivity index (χ1n) is 6.51. The lowest BCUT2D eigenvalue weighted by Crippen LogP contribution is -2.28. The number of aromatic hydroxyl groups is 1. The standard InChI is InChI=1S/C14H19NO2/c16-12-4-3-5-13-14(12)11(6-9-17-13)10-15-7-1-2-8-15/h3-5,11,16H,1-2,6-10H2. The van der Waals surface area contributed by atoms with Crippen molar-refractivity contribution in [3.05, 3.63) is 23.8 Å². The van der Waals surface area contributed by atoms with Crippen LogP contribution in [0.5, 0.6) is 11.5 Å². The summed E-state index contributed by atoms with van der Waals surface area (Å²) in [7, 11) is 0. The Bertz CT molecular complexity index is 399. The number of phenolic OH excluding ortho intramolecular Hbond substituents is 1. The van der Waals surface area contributed by atoms with Crippen molar-refractivity contribution in [2.75, 3.05) is 26.2 Å². The molecule has 2 aliphatic rings. The van der Waals surface area contributed by atoms with Crippen LogP contribution < -0.4 is 4.74 Å². The van der Waals surface area contributed by atoms with Gasteiger partial charge in [-0.15, -0.1) is 0 Å². The Kier molecular flexibility index (Phi) is 2.93. The maximum Gasteiger partial charge on any atom is 0.126 e. The van der Waals surface area contributed by atoms with E-state index in [-0.39, 0.29) is 0 Å². The van der Waals surface area contributed by atoms with Gasteiger partial charge in [-0.05, 0) is 44.5 Å². The van der Waals surface area contributed by atoms with Gasteiger partial charge in [-0.25, -0.2) is 0 Å². The van der Waals surface area contributed by atoms with Crippen molar-refractivity contribution >= 4 is 0 Å². The van der Waals surface area contributed by atoms with Gasteiger partial charge in [0, 0.05) is 18.0 Å². The Balaban J connectivity index is 1.83. The fourth-order valence-corrected chi connectivity index (χ4v) is 2.98. The molecule has 0 spiro atoms. The summed E-state index contributed by atoms with van der Waals surface area (Å²) in [6.45, 7) is 4.25. The highest BCUT2D eigenvalue weighted by Gasteiger charge is 2.27. The topological polar surface area (TPSA) is 32.7 Å². The molecular weight excluding hydrogens is 214 g/mol. The molecule has 2 heterocycles. The van der Waals surface area contributed by atoms with Crippen molar-refractivity contribution < 1.29 is 9.84 Å². The molecule has 1 aromatic rings. The molecule has 0 amide bonds. The maximum absolute atomic E-state index is 10.0. The van der Waals surface area contributed by atoms with Crippen LogP contribution in [0.1, 0.15) is 30.7 Å². The van der Waals surface area contributed by atoms with Gasteiger partial charge in [-0.2, -0.15) is 0 Å². The molecule has 0 bridgehead atoms. The molecule has 0 aromatic heterocycles. The number of fused-ring (bicyclic) bond motifs is 1. The minimum atomic E-state index is 0.395. The third kappa shape index (κ3) is 2.12. The lowest BCUT2D eigenvalue weighted by Gasteiger charge is -2.29. The largest absolute Gasteiger partial charge is 0.508 e. The van der Waals surface area contributed by atoms with Gasteiger partial charge in [0.15, 0.2) is 0 Å². The molecule has 3 rings (SSSR count). The molecule has 3 heteroatoms. The average molecular weight is 233 g/mol. The van der Waals surface area contributed by atoms with Crippen LogP contribution in [0.2, 0.25) is 0 Å². The Labute approximate surface area is 102 Å². The molecule has 0 aliphatic carbocycles. The van der Waals surface area contributed by atoms with Crippen molar-refractivity contribution in [3.8, 4) is 11.5 Å². The molecule has 1 aromatic carbocycles. The molecule has 2 aliphatic heterocycles. The molecule has 3 nitrogen and oxygen atoms in total. The van der Waals surface area contributed by atoms with E-state index in [2.05, 4.69) is 4.90 Å². The van der Waals surface area contributed by atoms with Crippen LogP contribution in [-0.4, -0.2) is 36.2 Å². The molecule has 17 heavy (non-hydrogen) atoms. The summed E-state index contributed by atoms with van der Waals surface area (Å²) in [6.07, 6.45) is 3.65. The van der Waals surface area contributed by atoms with Crippen molar-refractivity contribution in [2.45, 2.75) is 25.2 Å². The summed E-state index contributed by atoms with van der Waals surface area (Å²) in [4.78, 5) is 2.51. The summed E-state index contributed by atoms with van der Waals surface area (Å²) in [5.74, 6) is 1.70. The molecular formula is C14H19NO2. The second-order valence-electron chi connectivity index (χ2n) is 5.03. The zero-order valence-corrected chi connectivity index (χ0v) is 10.1. The summed E-state index contributed by atoms with van der Waals surface area (Å²) in [6, 6.07) is 5.59. The van der Waals surface area contributed by atoms with E-state index >= 15 is 0 Å². The van der Waals surface area contributed by atoms with Crippen molar-refractivity contribution in [1.82, 2.24) is 4.90 Å². The smallest absolute Gasteiger partial charge is 0.126 e. The number of hydrogen-bond acceptors (Lipinski definition) is 3. The van der Waals surface area contributed by atoms with Crippen LogP contribution in [0.15, 0.2) is 18.2 Å². The Morgan fingerprint density at radius 1 is 1.29 bits per heavy atom. The van der Waals surface area contributed by atoms with E-state index in [1.165, 1.54) is 25.9 Å². The highest BCUT2D eigenvalue weighted by atomic mass is 16.5. The second kappa shape index (κ2) is 4.57. The minimum absolute atomic E-state index is 0.395. The first-order chi connectivity index (χ1) is 8.34.